The van der Waals surface area contributed by atoms with E-state index in [4.69, 9.17) is 4.74 Å². The summed E-state index contributed by atoms with van der Waals surface area (Å²) in [7, 11) is 0. The fraction of sp³-hybridized carbons (Fsp3) is 0.407. The van der Waals surface area contributed by atoms with E-state index >= 15 is 0 Å². The molecule has 5 nitrogen and oxygen atoms in total. The zero-order chi connectivity index (χ0) is 25.6. The lowest BCUT2D eigenvalue weighted by atomic mass is 9.97. The quantitative estimate of drug-likeness (QED) is 0.388. The molecular formula is C27H27F4N3O2. The predicted octanol–water partition coefficient (Wildman–Crippen LogP) is 5.95. The van der Waals surface area contributed by atoms with Gasteiger partial charge in [0.2, 0.25) is 5.91 Å². The molecule has 5 rings (SSSR count). The molecule has 190 valence electrons. The Labute approximate surface area is 206 Å². The molecule has 1 aromatic carbocycles. The average Bonchev–Trinajstić information content (AvgIpc) is 3.16. The summed E-state index contributed by atoms with van der Waals surface area (Å²) in [4.78, 5) is 17.0. The van der Waals surface area contributed by atoms with Crippen LogP contribution in [0.1, 0.15) is 31.7 Å². The average molecular weight is 502 g/mol. The number of ether oxygens (including phenoxy) is 1. The predicted molar refractivity (Wildman–Crippen MR) is 126 cm³/mol. The van der Waals surface area contributed by atoms with Crippen LogP contribution in [-0.4, -0.2) is 21.6 Å². The Morgan fingerprint density at radius 2 is 2.00 bits per heavy atom. The van der Waals surface area contributed by atoms with Crippen molar-refractivity contribution in [2.75, 3.05) is 0 Å². The number of alkyl halides is 3. The summed E-state index contributed by atoms with van der Waals surface area (Å²) in [6.45, 7) is 6.07. The maximum atomic E-state index is 13.7. The van der Waals surface area contributed by atoms with E-state index in [1.807, 2.05) is 6.92 Å². The SMILES string of the molecule is C=C(CCn1ccc(C(F)(F)F)c1)NC(=O)C(C)C1[C@H]2CC(Oc3ccnc4ccc(F)cc34)C[C@@H]12. The smallest absolute Gasteiger partial charge is 0.417 e. The second kappa shape index (κ2) is 9.26. The minimum Gasteiger partial charge on any atom is -0.490 e. The first-order chi connectivity index (χ1) is 17.1. The van der Waals surface area contributed by atoms with Crippen LogP contribution in [0.3, 0.4) is 0 Å². The zero-order valence-electron chi connectivity index (χ0n) is 19.8. The minimum atomic E-state index is -4.37. The molecule has 2 saturated carbocycles. The van der Waals surface area contributed by atoms with Crippen molar-refractivity contribution >= 4 is 16.8 Å². The topological polar surface area (TPSA) is 56.2 Å². The number of allylic oxidation sites excluding steroid dienone is 1. The molecule has 1 N–H and O–H groups in total. The molecule has 0 spiro atoms. The normalized spacial score (nSPS) is 23.8. The van der Waals surface area contributed by atoms with Gasteiger partial charge in [0.1, 0.15) is 11.6 Å². The van der Waals surface area contributed by atoms with E-state index in [1.54, 1.807) is 18.3 Å². The highest BCUT2D eigenvalue weighted by Crippen LogP contribution is 2.61. The number of aromatic nitrogens is 2. The molecule has 1 amide bonds. The van der Waals surface area contributed by atoms with Crippen LogP contribution in [0.5, 0.6) is 5.75 Å². The summed E-state index contributed by atoms with van der Waals surface area (Å²) in [5.41, 5.74) is 0.466. The number of halogens is 4. The number of fused-ring (bicyclic) bond motifs is 2. The molecule has 5 atom stereocenters. The van der Waals surface area contributed by atoms with Crippen LogP contribution in [0.25, 0.3) is 10.9 Å². The van der Waals surface area contributed by atoms with Crippen LogP contribution in [0.2, 0.25) is 0 Å². The van der Waals surface area contributed by atoms with Gasteiger partial charge in [0.05, 0.1) is 17.2 Å². The van der Waals surface area contributed by atoms with Crippen molar-refractivity contribution in [3.63, 3.8) is 0 Å². The summed E-state index contributed by atoms with van der Waals surface area (Å²) in [5.74, 6) is 1.03. The molecule has 2 fully saturated rings. The Morgan fingerprint density at radius 3 is 2.69 bits per heavy atom. The van der Waals surface area contributed by atoms with Crippen molar-refractivity contribution in [3.8, 4) is 5.75 Å². The third-order valence-corrected chi connectivity index (χ3v) is 7.47. The Balaban J connectivity index is 1.09. The van der Waals surface area contributed by atoms with Crippen molar-refractivity contribution in [1.82, 2.24) is 14.9 Å². The molecule has 3 unspecified atom stereocenters. The number of nitrogens with one attached hydrogen (secondary N) is 1. The summed E-state index contributed by atoms with van der Waals surface area (Å²) in [6.07, 6.45) is 1.73. The van der Waals surface area contributed by atoms with E-state index in [9.17, 15) is 22.4 Å². The second-order valence-corrected chi connectivity index (χ2v) is 9.85. The van der Waals surface area contributed by atoms with Gasteiger partial charge in [-0.3, -0.25) is 9.78 Å². The molecule has 3 aromatic rings. The number of hydrogen-bond donors (Lipinski definition) is 1. The Kier molecular flexibility index (Phi) is 6.26. The zero-order valence-corrected chi connectivity index (χ0v) is 19.8. The van der Waals surface area contributed by atoms with Gasteiger partial charge >= 0.3 is 6.18 Å². The fourth-order valence-corrected chi connectivity index (χ4v) is 5.59. The number of carbonyl (C=O) groups excluding carboxylic acids is 1. The van der Waals surface area contributed by atoms with Crippen LogP contribution < -0.4 is 10.1 Å². The highest BCUT2D eigenvalue weighted by molar-refractivity contribution is 5.84. The third-order valence-electron chi connectivity index (χ3n) is 7.47. The van der Waals surface area contributed by atoms with Gasteiger partial charge in [-0.1, -0.05) is 13.5 Å². The van der Waals surface area contributed by atoms with E-state index in [0.29, 0.717) is 47.2 Å². The number of pyridine rings is 1. The number of hydrogen-bond acceptors (Lipinski definition) is 3. The van der Waals surface area contributed by atoms with Crippen LogP contribution in [-0.2, 0) is 17.5 Å². The summed E-state index contributed by atoms with van der Waals surface area (Å²) < 4.78 is 59.6. The Hall–Kier alpha value is -3.36. The number of rotatable bonds is 8. The number of carbonyl (C=O) groups is 1. The van der Waals surface area contributed by atoms with Crippen LogP contribution in [0.4, 0.5) is 17.6 Å². The first kappa shape index (κ1) is 24.3. The van der Waals surface area contributed by atoms with Gasteiger partial charge in [0, 0.05) is 48.6 Å². The van der Waals surface area contributed by atoms with Crippen molar-refractivity contribution in [2.24, 2.45) is 23.7 Å². The van der Waals surface area contributed by atoms with Crippen LogP contribution in [0.15, 0.2) is 61.2 Å². The van der Waals surface area contributed by atoms with E-state index in [1.165, 1.54) is 22.9 Å². The molecule has 36 heavy (non-hydrogen) atoms. The minimum absolute atomic E-state index is 0.0125. The number of aryl methyl sites for hydroxylation is 1. The van der Waals surface area contributed by atoms with Crippen molar-refractivity contribution in [3.05, 3.63) is 72.6 Å². The van der Waals surface area contributed by atoms with E-state index in [0.717, 1.165) is 25.1 Å². The van der Waals surface area contributed by atoms with E-state index in [2.05, 4.69) is 16.9 Å². The van der Waals surface area contributed by atoms with Gasteiger partial charge in [-0.15, -0.1) is 0 Å². The molecule has 0 aliphatic heterocycles. The van der Waals surface area contributed by atoms with E-state index in [-0.39, 0.29) is 29.7 Å². The van der Waals surface area contributed by atoms with Gasteiger partial charge in [0.15, 0.2) is 0 Å². The lowest BCUT2D eigenvalue weighted by Gasteiger charge is -2.20. The molecule has 2 heterocycles. The van der Waals surface area contributed by atoms with Crippen molar-refractivity contribution in [1.29, 1.82) is 0 Å². The van der Waals surface area contributed by atoms with Crippen molar-refractivity contribution in [2.45, 2.75) is 45.0 Å². The summed E-state index contributed by atoms with van der Waals surface area (Å²) in [5, 5.41) is 3.48. The molecule has 2 aliphatic carbocycles. The summed E-state index contributed by atoms with van der Waals surface area (Å²) in [6, 6.07) is 7.22. The van der Waals surface area contributed by atoms with Crippen molar-refractivity contribution < 1.29 is 27.1 Å². The standard InChI is InChI=1S/C27H27F4N3O2/c1-15(6-9-34-10-7-17(14-34)27(29,30)31)33-26(35)16(2)25-20-12-19(13-21(20)25)36-24-5-8-32-23-4-3-18(28)11-22(23)24/h3-5,7-8,10-11,14,16,19-21,25H,1,6,9,12-13H2,2H3,(H,33,35)/t16?,19?,20-,21+,25?. The third kappa shape index (κ3) is 4.96. The van der Waals surface area contributed by atoms with Gasteiger partial charge in [-0.25, -0.2) is 4.39 Å². The number of benzene rings is 1. The highest BCUT2D eigenvalue weighted by atomic mass is 19.4. The Bertz CT molecular complexity index is 1290. The second-order valence-electron chi connectivity index (χ2n) is 9.85. The molecule has 9 heteroatoms. The molecule has 0 bridgehead atoms. The largest absolute Gasteiger partial charge is 0.490 e. The molecular weight excluding hydrogens is 474 g/mol. The molecule has 0 radical (unpaired) electrons. The first-order valence-corrected chi connectivity index (χ1v) is 12.0. The van der Waals surface area contributed by atoms with E-state index < -0.39 is 11.7 Å². The van der Waals surface area contributed by atoms with Gasteiger partial charge in [-0.05, 0) is 60.9 Å². The lowest BCUT2D eigenvalue weighted by Crippen LogP contribution is -2.31. The summed E-state index contributed by atoms with van der Waals surface area (Å²) >= 11 is 0. The van der Waals surface area contributed by atoms with Gasteiger partial charge in [-0.2, -0.15) is 13.2 Å². The van der Waals surface area contributed by atoms with Gasteiger partial charge < -0.3 is 14.6 Å². The maximum absolute atomic E-state index is 13.7. The highest BCUT2D eigenvalue weighted by Gasteiger charge is 2.59. The maximum Gasteiger partial charge on any atom is 0.417 e. The number of nitrogens with zero attached hydrogens (tertiary/aromatic N) is 2. The number of amides is 1. The van der Waals surface area contributed by atoms with Gasteiger partial charge in [0.25, 0.3) is 0 Å². The monoisotopic (exact) mass is 501 g/mol. The first-order valence-electron chi connectivity index (χ1n) is 12.0. The molecule has 0 saturated heterocycles. The van der Waals surface area contributed by atoms with Crippen LogP contribution >= 0.6 is 0 Å². The lowest BCUT2D eigenvalue weighted by molar-refractivity contribution is -0.137. The molecule has 2 aliphatic rings. The fourth-order valence-electron chi connectivity index (χ4n) is 5.59. The Morgan fingerprint density at radius 1 is 1.25 bits per heavy atom. The molecule has 2 aromatic heterocycles. The van der Waals surface area contributed by atoms with Crippen LogP contribution in [0, 0.1) is 29.5 Å².